The van der Waals surface area contributed by atoms with Gasteiger partial charge in [-0.3, -0.25) is 4.79 Å². The second-order valence-electron chi connectivity index (χ2n) is 5.40. The van der Waals surface area contributed by atoms with Crippen molar-refractivity contribution in [2.75, 3.05) is 4.90 Å². The molecule has 5 heteroatoms. The van der Waals surface area contributed by atoms with Gasteiger partial charge in [-0.15, -0.1) is 22.9 Å². The molecule has 0 spiro atoms. The van der Waals surface area contributed by atoms with Gasteiger partial charge >= 0.3 is 0 Å². The molecular weight excluding hydrogens is 292 g/mol. The Balaban J connectivity index is 1.96. The van der Waals surface area contributed by atoms with Gasteiger partial charge in [0.15, 0.2) is 0 Å². The van der Waals surface area contributed by atoms with Gasteiger partial charge in [0.2, 0.25) is 5.91 Å². The molecule has 0 fully saturated rings. The molecule has 0 unspecified atom stereocenters. The quantitative estimate of drug-likeness (QED) is 0.810. The number of para-hydroxylation sites is 1. The first-order valence-electron chi connectivity index (χ1n) is 6.44. The van der Waals surface area contributed by atoms with E-state index in [0.717, 1.165) is 22.0 Å². The zero-order chi connectivity index (χ0) is 14.3. The number of carbonyl (C=O) groups excluding carboxylic acids is 1. The summed E-state index contributed by atoms with van der Waals surface area (Å²) in [5.41, 5.74) is 2.47. The van der Waals surface area contributed by atoms with E-state index in [0.29, 0.717) is 12.4 Å². The van der Waals surface area contributed by atoms with Crippen molar-refractivity contribution in [2.45, 2.75) is 31.7 Å². The van der Waals surface area contributed by atoms with Gasteiger partial charge in [-0.1, -0.05) is 18.2 Å². The van der Waals surface area contributed by atoms with Gasteiger partial charge in [0.05, 0.1) is 23.5 Å². The van der Waals surface area contributed by atoms with Gasteiger partial charge in [-0.05, 0) is 25.5 Å². The van der Waals surface area contributed by atoms with E-state index in [1.165, 1.54) is 0 Å². The van der Waals surface area contributed by atoms with Crippen LogP contribution in [0.5, 0.6) is 0 Å². The molecule has 3 rings (SSSR count). The average molecular weight is 307 g/mol. The first-order valence-corrected chi connectivity index (χ1v) is 7.86. The van der Waals surface area contributed by atoms with Crippen LogP contribution >= 0.6 is 22.9 Å². The Morgan fingerprint density at radius 2 is 2.10 bits per heavy atom. The third-order valence-electron chi connectivity index (χ3n) is 3.68. The van der Waals surface area contributed by atoms with Gasteiger partial charge in [0, 0.05) is 11.1 Å². The molecule has 0 atom stereocenters. The third kappa shape index (κ3) is 2.03. The lowest BCUT2D eigenvalue weighted by atomic mass is 9.86. The molecule has 0 saturated carbocycles. The fourth-order valence-electron chi connectivity index (χ4n) is 2.57. The highest BCUT2D eigenvalue weighted by Gasteiger charge is 2.43. The van der Waals surface area contributed by atoms with Crippen molar-refractivity contribution in [3.8, 4) is 0 Å². The van der Waals surface area contributed by atoms with E-state index in [2.05, 4.69) is 4.98 Å². The van der Waals surface area contributed by atoms with Crippen LogP contribution in [0.4, 0.5) is 5.69 Å². The highest BCUT2D eigenvalue weighted by atomic mass is 35.5. The Labute approximate surface area is 127 Å². The van der Waals surface area contributed by atoms with E-state index < -0.39 is 5.41 Å². The van der Waals surface area contributed by atoms with E-state index in [1.54, 1.807) is 11.3 Å². The number of hydrogen-bond donors (Lipinski definition) is 0. The fourth-order valence-corrected chi connectivity index (χ4v) is 3.58. The maximum absolute atomic E-state index is 12.6. The lowest BCUT2D eigenvalue weighted by molar-refractivity contribution is -0.122. The molecular formula is C15H15ClN2OS. The maximum atomic E-state index is 12.6. The summed E-state index contributed by atoms with van der Waals surface area (Å²) in [4.78, 5) is 18.9. The number of carbonyl (C=O) groups is 1. The largest absolute Gasteiger partial charge is 0.304 e. The number of rotatable bonds is 3. The fraction of sp³-hybridized carbons (Fsp3) is 0.333. The minimum absolute atomic E-state index is 0.126. The van der Waals surface area contributed by atoms with Crippen LogP contribution in [-0.2, 0) is 22.6 Å². The molecule has 0 radical (unpaired) electrons. The van der Waals surface area contributed by atoms with Gasteiger partial charge in [-0.2, -0.15) is 0 Å². The highest BCUT2D eigenvalue weighted by Crippen LogP contribution is 2.42. The number of fused-ring (bicyclic) bond motifs is 1. The van der Waals surface area contributed by atoms with E-state index in [4.69, 9.17) is 11.6 Å². The molecule has 1 amide bonds. The van der Waals surface area contributed by atoms with Crippen molar-refractivity contribution in [3.05, 3.63) is 45.9 Å². The van der Waals surface area contributed by atoms with Gasteiger partial charge in [-0.25, -0.2) is 4.98 Å². The van der Waals surface area contributed by atoms with Gasteiger partial charge in [0.25, 0.3) is 0 Å². The Morgan fingerprint density at radius 3 is 2.80 bits per heavy atom. The lowest BCUT2D eigenvalue weighted by Crippen LogP contribution is -2.35. The maximum Gasteiger partial charge on any atom is 0.237 e. The Hall–Kier alpha value is -1.39. The van der Waals surface area contributed by atoms with Crippen molar-refractivity contribution < 1.29 is 4.79 Å². The van der Waals surface area contributed by atoms with Crippen LogP contribution in [0.2, 0.25) is 0 Å². The lowest BCUT2D eigenvalue weighted by Gasteiger charge is -2.19. The molecule has 2 heterocycles. The molecule has 1 aromatic carbocycles. The van der Waals surface area contributed by atoms with Crippen LogP contribution in [0.1, 0.15) is 30.1 Å². The molecule has 1 aromatic heterocycles. The van der Waals surface area contributed by atoms with Crippen molar-refractivity contribution in [1.29, 1.82) is 0 Å². The number of amides is 1. The number of aromatic nitrogens is 1. The number of anilines is 1. The Bertz CT molecular complexity index is 665. The Kier molecular flexibility index (Phi) is 3.30. The first-order chi connectivity index (χ1) is 9.54. The zero-order valence-corrected chi connectivity index (χ0v) is 13.0. The number of thiazole rings is 1. The predicted octanol–water partition coefficient (Wildman–Crippen LogP) is 3.71. The van der Waals surface area contributed by atoms with Crippen LogP contribution in [0.15, 0.2) is 29.6 Å². The van der Waals surface area contributed by atoms with E-state index in [1.807, 2.05) is 48.4 Å². The molecule has 20 heavy (non-hydrogen) atoms. The molecule has 2 aromatic rings. The van der Waals surface area contributed by atoms with Crippen LogP contribution in [-0.4, -0.2) is 10.9 Å². The van der Waals surface area contributed by atoms with Crippen LogP contribution in [0.25, 0.3) is 0 Å². The number of alkyl halides is 1. The third-order valence-corrected chi connectivity index (χ3v) is 4.83. The molecule has 0 bridgehead atoms. The highest BCUT2D eigenvalue weighted by molar-refractivity contribution is 7.09. The van der Waals surface area contributed by atoms with Crippen LogP contribution in [0.3, 0.4) is 0 Å². The summed E-state index contributed by atoms with van der Waals surface area (Å²) in [5.74, 6) is 0.535. The van der Waals surface area contributed by atoms with E-state index in [-0.39, 0.29) is 5.91 Å². The standard InChI is InChI=1S/C15H15ClN2OS/c1-15(2)11-5-3-4-6-12(11)18(14(15)19)8-13-17-10(7-16)9-20-13/h3-6,9H,7-8H2,1-2H3. The van der Waals surface area contributed by atoms with Gasteiger partial charge < -0.3 is 4.90 Å². The van der Waals surface area contributed by atoms with E-state index >= 15 is 0 Å². The van der Waals surface area contributed by atoms with Crippen molar-refractivity contribution >= 4 is 34.5 Å². The van der Waals surface area contributed by atoms with Crippen molar-refractivity contribution in [3.63, 3.8) is 0 Å². The van der Waals surface area contributed by atoms with Crippen LogP contribution < -0.4 is 4.90 Å². The summed E-state index contributed by atoms with van der Waals surface area (Å²) in [5, 5.41) is 2.86. The Morgan fingerprint density at radius 1 is 1.35 bits per heavy atom. The second kappa shape index (κ2) is 4.86. The average Bonchev–Trinajstić information content (AvgIpc) is 2.98. The number of hydrogen-bond acceptors (Lipinski definition) is 3. The zero-order valence-electron chi connectivity index (χ0n) is 11.4. The topological polar surface area (TPSA) is 33.2 Å². The van der Waals surface area contributed by atoms with Crippen molar-refractivity contribution in [2.24, 2.45) is 0 Å². The number of halogens is 1. The monoisotopic (exact) mass is 306 g/mol. The number of nitrogens with zero attached hydrogens (tertiary/aromatic N) is 2. The van der Waals surface area contributed by atoms with Crippen LogP contribution in [0, 0.1) is 0 Å². The van der Waals surface area contributed by atoms with Crippen molar-refractivity contribution in [1.82, 2.24) is 4.98 Å². The molecule has 1 aliphatic rings. The molecule has 0 N–H and O–H groups in total. The minimum Gasteiger partial charge on any atom is -0.304 e. The summed E-state index contributed by atoms with van der Waals surface area (Å²) >= 11 is 7.32. The predicted molar refractivity (Wildman–Crippen MR) is 82.3 cm³/mol. The molecule has 104 valence electrons. The van der Waals surface area contributed by atoms with E-state index in [9.17, 15) is 4.79 Å². The smallest absolute Gasteiger partial charge is 0.237 e. The summed E-state index contributed by atoms with van der Waals surface area (Å²) in [7, 11) is 0. The summed E-state index contributed by atoms with van der Waals surface area (Å²) in [6.07, 6.45) is 0. The molecule has 0 saturated heterocycles. The number of benzene rings is 1. The molecule has 1 aliphatic heterocycles. The summed E-state index contributed by atoms with van der Waals surface area (Å²) in [6, 6.07) is 7.97. The second-order valence-corrected chi connectivity index (χ2v) is 6.61. The molecule has 3 nitrogen and oxygen atoms in total. The first kappa shape index (κ1) is 13.6. The SMILES string of the molecule is CC1(C)C(=O)N(Cc2nc(CCl)cs2)c2ccccc21. The van der Waals surface area contributed by atoms with Gasteiger partial charge in [0.1, 0.15) is 5.01 Å². The summed E-state index contributed by atoms with van der Waals surface area (Å²) < 4.78 is 0. The minimum atomic E-state index is -0.469. The summed E-state index contributed by atoms with van der Waals surface area (Å²) in [6.45, 7) is 4.46. The normalized spacial score (nSPS) is 16.6. The molecule has 0 aliphatic carbocycles.